The number of ether oxygens (including phenoxy) is 2. The molecule has 0 aromatic heterocycles. The third kappa shape index (κ3) is 22.3. The van der Waals surface area contributed by atoms with Gasteiger partial charge in [0.2, 0.25) is 0 Å². The van der Waals surface area contributed by atoms with Gasteiger partial charge >= 0.3 is 27.6 Å². The van der Waals surface area contributed by atoms with Gasteiger partial charge in [0.1, 0.15) is 43.2 Å². The molecule has 5 unspecified atom stereocenters. The Morgan fingerprint density at radius 3 is 1.66 bits per heavy atom. The molecule has 0 bridgehead atoms. The van der Waals surface area contributed by atoms with E-state index in [1.165, 1.54) is 44.9 Å². The monoisotopic (exact) mass is 790 g/mol. The van der Waals surface area contributed by atoms with Crippen LogP contribution in [0.1, 0.15) is 104 Å². The summed E-state index contributed by atoms with van der Waals surface area (Å²) in [5, 5.41) is 40.8. The summed E-state index contributed by atoms with van der Waals surface area (Å²) in [5.41, 5.74) is 0. The Morgan fingerprint density at radius 2 is 1.13 bits per heavy atom. The molecule has 1 aliphatic rings. The number of aliphatic hydroxyl groups excluding tert-OH is 4. The zero-order valence-electron chi connectivity index (χ0n) is 30.1. The average molecular weight is 791 g/mol. The van der Waals surface area contributed by atoms with Crippen molar-refractivity contribution in [1.82, 2.24) is 0 Å². The fourth-order valence-electron chi connectivity index (χ4n) is 5.07. The first-order valence-corrected chi connectivity index (χ1v) is 20.5. The molecule has 1 aliphatic carbocycles. The molecule has 0 aromatic carbocycles. The van der Waals surface area contributed by atoms with Crippen LogP contribution in [0, 0.1) is 47.4 Å². The molecule has 1 fully saturated rings. The van der Waals surface area contributed by atoms with Crippen LogP contribution in [0.3, 0.4) is 0 Å². The van der Waals surface area contributed by atoms with Crippen LogP contribution in [0.2, 0.25) is 0 Å². The van der Waals surface area contributed by atoms with Crippen LogP contribution in [-0.4, -0.2) is 103 Å². The van der Waals surface area contributed by atoms with Crippen LogP contribution < -0.4 is 0 Å². The molecule has 16 nitrogen and oxygen atoms in total. The van der Waals surface area contributed by atoms with Gasteiger partial charge < -0.3 is 44.6 Å². The highest BCUT2D eigenvalue weighted by Gasteiger charge is 2.54. The fraction of sp³-hybridized carbons (Fsp3) is 0.714. The van der Waals surface area contributed by atoms with Gasteiger partial charge in [-0.25, -0.2) is 13.9 Å². The van der Waals surface area contributed by atoms with Crippen molar-refractivity contribution in [3.05, 3.63) is 0 Å². The highest BCUT2D eigenvalue weighted by atomic mass is 31.2. The van der Waals surface area contributed by atoms with E-state index in [0.717, 1.165) is 32.1 Å². The first-order valence-electron chi connectivity index (χ1n) is 17.5. The Bertz CT molecular complexity index is 1470. The predicted molar refractivity (Wildman–Crippen MR) is 190 cm³/mol. The molecule has 0 aliphatic heterocycles. The molecule has 8 atom stereocenters. The summed E-state index contributed by atoms with van der Waals surface area (Å²) in [4.78, 5) is 53.2. The fourth-order valence-corrected chi connectivity index (χ4v) is 6.61. The second-order valence-corrected chi connectivity index (χ2v) is 14.8. The molecule has 0 saturated heterocycles. The van der Waals surface area contributed by atoms with Crippen molar-refractivity contribution in [3.8, 4) is 47.4 Å². The van der Waals surface area contributed by atoms with Crippen LogP contribution in [0.25, 0.3) is 0 Å². The number of hydrogen-bond acceptors (Lipinski definition) is 13. The highest BCUT2D eigenvalue weighted by Crippen LogP contribution is 2.49. The Kier molecular flexibility index (Phi) is 24.5. The van der Waals surface area contributed by atoms with Gasteiger partial charge in [0, 0.05) is 12.3 Å². The van der Waals surface area contributed by atoms with Gasteiger partial charge in [0.05, 0.1) is 6.61 Å². The number of aliphatic hydroxyl groups is 4. The molecule has 1 rings (SSSR count). The van der Waals surface area contributed by atoms with Crippen LogP contribution in [-0.2, 0) is 41.8 Å². The molecule has 0 radical (unpaired) electrons. The molecule has 0 spiro atoms. The maximum Gasteiger partial charge on any atom is 0.472 e. The minimum atomic E-state index is -5.38. The van der Waals surface area contributed by atoms with E-state index in [-0.39, 0.29) is 6.42 Å². The molecule has 0 amide bonds. The summed E-state index contributed by atoms with van der Waals surface area (Å²) in [6, 6.07) is 0. The predicted octanol–water partition coefficient (Wildman–Crippen LogP) is 2.39. The Labute approximate surface area is 311 Å². The summed E-state index contributed by atoms with van der Waals surface area (Å²) in [5.74, 6) is 16.9. The second kappa shape index (κ2) is 26.9. The van der Waals surface area contributed by atoms with E-state index in [1.807, 2.05) is 0 Å². The smallest absolute Gasteiger partial charge is 0.456 e. The van der Waals surface area contributed by atoms with E-state index in [2.05, 4.69) is 58.8 Å². The summed E-state index contributed by atoms with van der Waals surface area (Å²) in [7, 11) is -10.7. The lowest BCUT2D eigenvalue weighted by atomic mass is 9.85. The van der Waals surface area contributed by atoms with E-state index in [0.29, 0.717) is 6.42 Å². The van der Waals surface area contributed by atoms with Gasteiger partial charge in [-0.05, 0) is 48.9 Å². The Balaban J connectivity index is 2.78. The van der Waals surface area contributed by atoms with Gasteiger partial charge in [0.25, 0.3) is 0 Å². The van der Waals surface area contributed by atoms with Crippen molar-refractivity contribution in [2.24, 2.45) is 0 Å². The lowest BCUT2D eigenvalue weighted by Crippen LogP contribution is -2.64. The molecular formula is C35H52O16P2. The van der Waals surface area contributed by atoms with Gasteiger partial charge in [-0.2, -0.15) is 0 Å². The van der Waals surface area contributed by atoms with E-state index in [1.54, 1.807) is 6.92 Å². The zero-order valence-corrected chi connectivity index (χ0v) is 31.8. The third-order valence-corrected chi connectivity index (χ3v) is 9.27. The van der Waals surface area contributed by atoms with Crippen molar-refractivity contribution in [1.29, 1.82) is 0 Å². The molecule has 53 heavy (non-hydrogen) atoms. The maximum absolute atomic E-state index is 12.8. The SMILES string of the molecule is CC#CC#CC#CC#CC(=O)OC[C@H](COP(=O)(O)OC1C(O)[C@@H](O)C(O)[C@H](OP(=O)(O)O)C1O)OC(=O)CCCCCCCCCCCCCCC. The molecule has 18 heteroatoms. The first kappa shape index (κ1) is 48.3. The number of rotatable bonds is 24. The number of hydrogen-bond donors (Lipinski definition) is 7. The summed E-state index contributed by atoms with van der Waals surface area (Å²) in [6.07, 6.45) is -0.866. The standard InChI is InChI=1S/C35H52O16P2/c1-3-5-7-9-11-12-13-14-15-16-18-20-22-24-29(37)49-27(25-47-28(36)23-21-19-17-10-8-6-4-2)26-48-53(45,46)51-35-32(40)30(38)31(39)34(33(35)41)50-52(42,43)44/h27,30-35,38-41H,3,5,7,9,11-16,18,20,22,24-26H2,1-2H3,(H,45,46)(H2,42,43,44)/t27-,30+,31?,32?,33?,34+,35?/m1/s1. The number of phosphoric acid groups is 2. The van der Waals surface area contributed by atoms with E-state index < -0.39 is 83.5 Å². The number of carbonyl (C=O) groups excluding carboxylic acids is 2. The van der Waals surface area contributed by atoms with E-state index in [4.69, 9.17) is 28.3 Å². The molecular weight excluding hydrogens is 738 g/mol. The van der Waals surface area contributed by atoms with Crippen molar-refractivity contribution in [3.63, 3.8) is 0 Å². The Hall–Kier alpha value is -2.76. The van der Waals surface area contributed by atoms with Gasteiger partial charge in [0.15, 0.2) is 6.10 Å². The minimum Gasteiger partial charge on any atom is -0.456 e. The number of phosphoric ester groups is 2. The van der Waals surface area contributed by atoms with Crippen molar-refractivity contribution >= 4 is 27.6 Å². The van der Waals surface area contributed by atoms with Gasteiger partial charge in [-0.15, -0.1) is 0 Å². The van der Waals surface area contributed by atoms with Crippen LogP contribution in [0.5, 0.6) is 0 Å². The lowest BCUT2D eigenvalue weighted by molar-refractivity contribution is -0.216. The largest absolute Gasteiger partial charge is 0.472 e. The average Bonchev–Trinajstić information content (AvgIpc) is 3.10. The molecule has 0 heterocycles. The zero-order chi connectivity index (χ0) is 39.7. The lowest BCUT2D eigenvalue weighted by Gasteiger charge is -2.43. The van der Waals surface area contributed by atoms with Crippen molar-refractivity contribution in [2.45, 2.75) is 146 Å². The number of carbonyl (C=O) groups is 2. The van der Waals surface area contributed by atoms with Gasteiger partial charge in [-0.1, -0.05) is 89.9 Å². The van der Waals surface area contributed by atoms with E-state index in [9.17, 15) is 44.0 Å². The first-order chi connectivity index (χ1) is 25.1. The third-order valence-electron chi connectivity index (χ3n) is 7.77. The molecule has 1 saturated carbocycles. The second-order valence-electron chi connectivity index (χ2n) is 12.2. The van der Waals surface area contributed by atoms with Gasteiger partial charge in [-0.3, -0.25) is 18.4 Å². The van der Waals surface area contributed by atoms with Crippen LogP contribution in [0.15, 0.2) is 0 Å². The normalized spacial score (nSPS) is 22.5. The van der Waals surface area contributed by atoms with E-state index >= 15 is 0 Å². The topological polar surface area (TPSA) is 256 Å². The number of esters is 2. The highest BCUT2D eigenvalue weighted by molar-refractivity contribution is 7.47. The van der Waals surface area contributed by atoms with Crippen molar-refractivity contribution < 1.29 is 76.9 Å². The Morgan fingerprint density at radius 1 is 0.642 bits per heavy atom. The van der Waals surface area contributed by atoms with Crippen LogP contribution >= 0.6 is 15.6 Å². The molecule has 298 valence electrons. The maximum atomic E-state index is 12.8. The summed E-state index contributed by atoms with van der Waals surface area (Å²) >= 11 is 0. The van der Waals surface area contributed by atoms with Crippen LogP contribution in [0.4, 0.5) is 0 Å². The number of unbranched alkanes of at least 4 members (excludes halogenated alkanes) is 12. The molecule has 0 aromatic rings. The van der Waals surface area contributed by atoms with Crippen molar-refractivity contribution in [2.75, 3.05) is 13.2 Å². The quantitative estimate of drug-likeness (QED) is 0.0244. The summed E-state index contributed by atoms with van der Waals surface area (Å²) in [6.45, 7) is 2.15. The summed E-state index contributed by atoms with van der Waals surface area (Å²) < 4.78 is 48.3. The minimum absolute atomic E-state index is 0.0179. The molecule has 7 N–H and O–H groups in total.